The van der Waals surface area contributed by atoms with Crippen molar-refractivity contribution in [3.05, 3.63) is 28.8 Å². The molecule has 0 radical (unpaired) electrons. The van der Waals surface area contributed by atoms with Crippen molar-refractivity contribution in [3.8, 4) is 0 Å². The molecule has 1 aliphatic rings. The molecule has 106 valence electrons. The molecule has 1 saturated heterocycles. The molecule has 4 heteroatoms. The molecule has 2 rings (SSSR count). The van der Waals surface area contributed by atoms with Gasteiger partial charge in [0.1, 0.15) is 0 Å². The number of rotatable bonds is 4. The molecular weight excluding hydrogens is 260 g/mol. The van der Waals surface area contributed by atoms with Gasteiger partial charge in [-0.3, -0.25) is 0 Å². The van der Waals surface area contributed by atoms with Crippen LogP contribution in [0.25, 0.3) is 0 Å². The van der Waals surface area contributed by atoms with E-state index in [1.165, 1.54) is 5.56 Å². The van der Waals surface area contributed by atoms with Gasteiger partial charge in [0.05, 0.1) is 16.3 Å². The average Bonchev–Trinajstić information content (AvgIpc) is 2.39. The number of benzene rings is 1. The molecule has 0 spiro atoms. The van der Waals surface area contributed by atoms with Gasteiger partial charge in [-0.05, 0) is 38.4 Å². The summed E-state index contributed by atoms with van der Waals surface area (Å²) in [7, 11) is 3.75. The zero-order valence-electron chi connectivity index (χ0n) is 12.0. The van der Waals surface area contributed by atoms with Crippen molar-refractivity contribution in [2.75, 3.05) is 32.1 Å². The van der Waals surface area contributed by atoms with Crippen LogP contribution in [0, 0.1) is 0 Å². The standard InChI is InChI=1S/C15H23ClN2O/c1-15(19-3)8-5-9-18(11-15)14-12(10-17-2)6-4-7-13(14)16/h4,6-7,17H,5,8-11H2,1-3H3. The van der Waals surface area contributed by atoms with E-state index in [4.69, 9.17) is 16.3 Å². The summed E-state index contributed by atoms with van der Waals surface area (Å²) in [6.45, 7) is 4.94. The minimum Gasteiger partial charge on any atom is -0.377 e. The molecule has 1 aliphatic heterocycles. The molecular formula is C15H23ClN2O. The van der Waals surface area contributed by atoms with Crippen LogP contribution in [0.4, 0.5) is 5.69 Å². The molecule has 0 aromatic heterocycles. The topological polar surface area (TPSA) is 24.5 Å². The summed E-state index contributed by atoms with van der Waals surface area (Å²) in [4.78, 5) is 2.36. The molecule has 1 atom stereocenters. The Labute approximate surface area is 120 Å². The van der Waals surface area contributed by atoms with Gasteiger partial charge in [0.2, 0.25) is 0 Å². The van der Waals surface area contributed by atoms with Gasteiger partial charge < -0.3 is 15.0 Å². The van der Waals surface area contributed by atoms with Crippen LogP contribution in [0.15, 0.2) is 18.2 Å². The fourth-order valence-electron chi connectivity index (χ4n) is 2.81. The number of nitrogens with zero attached hydrogens (tertiary/aromatic N) is 1. The normalized spacial score (nSPS) is 23.7. The predicted octanol–water partition coefficient (Wildman–Crippen LogP) is 3.06. The van der Waals surface area contributed by atoms with Crippen molar-refractivity contribution >= 4 is 17.3 Å². The zero-order chi connectivity index (χ0) is 13.9. The van der Waals surface area contributed by atoms with Gasteiger partial charge in [-0.2, -0.15) is 0 Å². The molecule has 19 heavy (non-hydrogen) atoms. The molecule has 0 amide bonds. The van der Waals surface area contributed by atoms with Crippen molar-refractivity contribution in [2.24, 2.45) is 0 Å². The van der Waals surface area contributed by atoms with Crippen molar-refractivity contribution in [1.29, 1.82) is 0 Å². The number of nitrogens with one attached hydrogen (secondary N) is 1. The molecule has 1 unspecified atom stereocenters. The van der Waals surface area contributed by atoms with Crippen molar-refractivity contribution in [2.45, 2.75) is 31.9 Å². The molecule has 1 N–H and O–H groups in total. The summed E-state index contributed by atoms with van der Waals surface area (Å²) in [5.74, 6) is 0. The van der Waals surface area contributed by atoms with Crippen molar-refractivity contribution < 1.29 is 4.74 Å². The van der Waals surface area contributed by atoms with Crippen LogP contribution < -0.4 is 10.2 Å². The Morgan fingerprint density at radius 1 is 1.47 bits per heavy atom. The lowest BCUT2D eigenvalue weighted by Crippen LogP contribution is -2.47. The third-order valence-corrected chi connectivity index (χ3v) is 4.21. The van der Waals surface area contributed by atoms with Crippen LogP contribution in [0.1, 0.15) is 25.3 Å². The highest BCUT2D eigenvalue weighted by molar-refractivity contribution is 6.33. The van der Waals surface area contributed by atoms with Gasteiger partial charge in [0.15, 0.2) is 0 Å². The van der Waals surface area contributed by atoms with Gasteiger partial charge in [-0.25, -0.2) is 0 Å². The maximum atomic E-state index is 6.42. The van der Waals surface area contributed by atoms with E-state index in [2.05, 4.69) is 23.2 Å². The first-order chi connectivity index (χ1) is 9.09. The van der Waals surface area contributed by atoms with Crippen LogP contribution >= 0.6 is 11.6 Å². The van der Waals surface area contributed by atoms with Crippen molar-refractivity contribution in [3.63, 3.8) is 0 Å². The second-order valence-electron chi connectivity index (χ2n) is 5.46. The third kappa shape index (κ3) is 3.22. The number of piperidine rings is 1. The molecule has 0 saturated carbocycles. The van der Waals surface area contributed by atoms with Gasteiger partial charge in [-0.15, -0.1) is 0 Å². The Morgan fingerprint density at radius 2 is 2.26 bits per heavy atom. The van der Waals surface area contributed by atoms with E-state index in [1.54, 1.807) is 7.11 Å². The summed E-state index contributed by atoms with van der Waals surface area (Å²) in [6.07, 6.45) is 2.24. The van der Waals surface area contributed by atoms with E-state index >= 15 is 0 Å². The van der Waals surface area contributed by atoms with Gasteiger partial charge in [0, 0.05) is 26.7 Å². The summed E-state index contributed by atoms with van der Waals surface area (Å²) < 4.78 is 5.67. The summed E-state index contributed by atoms with van der Waals surface area (Å²) in [5, 5.41) is 4.04. The minimum absolute atomic E-state index is 0.0751. The fourth-order valence-corrected chi connectivity index (χ4v) is 3.12. The fraction of sp³-hybridized carbons (Fsp3) is 0.600. The van der Waals surface area contributed by atoms with Crippen LogP contribution in [-0.4, -0.2) is 32.8 Å². The van der Waals surface area contributed by atoms with E-state index in [0.29, 0.717) is 0 Å². The lowest BCUT2D eigenvalue weighted by atomic mass is 9.93. The van der Waals surface area contributed by atoms with E-state index in [9.17, 15) is 0 Å². The zero-order valence-corrected chi connectivity index (χ0v) is 12.8. The first kappa shape index (κ1) is 14.6. The Morgan fingerprint density at radius 3 is 2.95 bits per heavy atom. The van der Waals surface area contributed by atoms with E-state index in [-0.39, 0.29) is 5.60 Å². The highest BCUT2D eigenvalue weighted by Gasteiger charge is 2.32. The SMILES string of the molecule is CNCc1cccc(Cl)c1N1CCCC(C)(OC)C1. The van der Waals surface area contributed by atoms with Gasteiger partial charge in [-0.1, -0.05) is 23.7 Å². The smallest absolute Gasteiger partial charge is 0.0825 e. The van der Waals surface area contributed by atoms with Crippen LogP contribution in [-0.2, 0) is 11.3 Å². The minimum atomic E-state index is -0.0751. The number of para-hydroxylation sites is 1. The number of anilines is 1. The van der Waals surface area contributed by atoms with Crippen LogP contribution in [0.3, 0.4) is 0 Å². The molecule has 0 bridgehead atoms. The number of methoxy groups -OCH3 is 1. The summed E-state index contributed by atoms with van der Waals surface area (Å²) >= 11 is 6.42. The maximum absolute atomic E-state index is 6.42. The maximum Gasteiger partial charge on any atom is 0.0825 e. The predicted molar refractivity (Wildman–Crippen MR) is 81.1 cm³/mol. The molecule has 1 aromatic rings. The Bertz CT molecular complexity index is 438. The Balaban J connectivity index is 2.30. The van der Waals surface area contributed by atoms with E-state index in [0.717, 1.165) is 43.2 Å². The first-order valence-electron chi connectivity index (χ1n) is 6.82. The Hall–Kier alpha value is -0.770. The monoisotopic (exact) mass is 282 g/mol. The summed E-state index contributed by atoms with van der Waals surface area (Å²) in [5.41, 5.74) is 2.32. The number of hydrogen-bond acceptors (Lipinski definition) is 3. The first-order valence-corrected chi connectivity index (χ1v) is 7.19. The largest absolute Gasteiger partial charge is 0.377 e. The Kier molecular flexibility index (Phi) is 4.71. The number of ether oxygens (including phenoxy) is 1. The van der Waals surface area contributed by atoms with Gasteiger partial charge in [0.25, 0.3) is 0 Å². The second-order valence-corrected chi connectivity index (χ2v) is 5.86. The lowest BCUT2D eigenvalue weighted by molar-refractivity contribution is -0.00467. The van der Waals surface area contributed by atoms with Crippen LogP contribution in [0.2, 0.25) is 5.02 Å². The van der Waals surface area contributed by atoms with Gasteiger partial charge >= 0.3 is 0 Å². The molecule has 0 aliphatic carbocycles. The van der Waals surface area contributed by atoms with E-state index in [1.807, 2.05) is 19.2 Å². The number of halogens is 1. The third-order valence-electron chi connectivity index (χ3n) is 3.91. The average molecular weight is 283 g/mol. The molecule has 1 fully saturated rings. The second kappa shape index (κ2) is 6.12. The highest BCUT2D eigenvalue weighted by Crippen LogP contribution is 2.35. The van der Waals surface area contributed by atoms with Crippen LogP contribution in [0.5, 0.6) is 0 Å². The van der Waals surface area contributed by atoms with Crippen molar-refractivity contribution in [1.82, 2.24) is 5.32 Å². The highest BCUT2D eigenvalue weighted by atomic mass is 35.5. The lowest BCUT2D eigenvalue weighted by Gasteiger charge is -2.41. The number of hydrogen-bond donors (Lipinski definition) is 1. The molecule has 1 aromatic carbocycles. The molecule has 3 nitrogen and oxygen atoms in total. The van der Waals surface area contributed by atoms with E-state index < -0.39 is 0 Å². The molecule has 1 heterocycles. The summed E-state index contributed by atoms with van der Waals surface area (Å²) in [6, 6.07) is 6.11. The quantitative estimate of drug-likeness (QED) is 0.919.